The first-order chi connectivity index (χ1) is 25.5. The average molecular weight is 734 g/mol. The van der Waals surface area contributed by atoms with Crippen LogP contribution >= 0.6 is 0 Å². The van der Waals surface area contributed by atoms with E-state index in [9.17, 15) is 19.8 Å². The predicted octanol–water partition coefficient (Wildman–Crippen LogP) is 12.8. The molecule has 3 N–H and O–H groups in total. The van der Waals surface area contributed by atoms with Crippen LogP contribution in [0.3, 0.4) is 0 Å². The standard InChI is InChI=1S/C46H87NO5/c1-3-5-7-9-11-13-15-17-18-22-26-30-34-38-44(49)43(42-48)47-45(50)39-35-31-27-23-20-21-25-29-33-37-41-52-46(51)40-36-32-28-24-19-16-14-12-10-8-6-4-2/h12,14,21,25,43-44,48-49H,3-11,13,15-20,22-24,26-42H2,1-2H3,(H,47,50)/b14-12-,25-21-. The van der Waals surface area contributed by atoms with Gasteiger partial charge in [-0.25, -0.2) is 0 Å². The number of aliphatic hydroxyl groups excluding tert-OH is 2. The van der Waals surface area contributed by atoms with Crippen molar-refractivity contribution < 1.29 is 24.5 Å². The molecule has 0 aromatic rings. The van der Waals surface area contributed by atoms with Gasteiger partial charge in [0.05, 0.1) is 25.4 Å². The van der Waals surface area contributed by atoms with Gasteiger partial charge in [-0.3, -0.25) is 9.59 Å². The van der Waals surface area contributed by atoms with Crippen LogP contribution in [0.2, 0.25) is 0 Å². The van der Waals surface area contributed by atoms with Crippen molar-refractivity contribution in [2.75, 3.05) is 13.2 Å². The molecule has 2 unspecified atom stereocenters. The summed E-state index contributed by atoms with van der Waals surface area (Å²) in [5.41, 5.74) is 0. The minimum absolute atomic E-state index is 0.0472. The lowest BCUT2D eigenvalue weighted by atomic mass is 10.0. The Balaban J connectivity index is 3.56. The topological polar surface area (TPSA) is 95.9 Å². The summed E-state index contributed by atoms with van der Waals surface area (Å²) in [7, 11) is 0. The lowest BCUT2D eigenvalue weighted by Gasteiger charge is -2.22. The maximum absolute atomic E-state index is 12.4. The number of ether oxygens (including phenoxy) is 1. The van der Waals surface area contributed by atoms with Crippen molar-refractivity contribution in [2.24, 2.45) is 0 Å². The molecule has 0 radical (unpaired) electrons. The first-order valence-corrected chi connectivity index (χ1v) is 22.6. The molecule has 0 aromatic carbocycles. The maximum Gasteiger partial charge on any atom is 0.305 e. The second kappa shape index (κ2) is 42.1. The van der Waals surface area contributed by atoms with Crippen LogP contribution in [0.4, 0.5) is 0 Å². The normalized spacial score (nSPS) is 12.9. The van der Waals surface area contributed by atoms with Crippen LogP contribution in [0.5, 0.6) is 0 Å². The minimum Gasteiger partial charge on any atom is -0.466 e. The maximum atomic E-state index is 12.4. The highest BCUT2D eigenvalue weighted by molar-refractivity contribution is 5.76. The Morgan fingerprint density at radius 2 is 0.904 bits per heavy atom. The van der Waals surface area contributed by atoms with Gasteiger partial charge in [0.25, 0.3) is 0 Å². The third-order valence-corrected chi connectivity index (χ3v) is 10.2. The Kier molecular flexibility index (Phi) is 40.7. The van der Waals surface area contributed by atoms with E-state index in [0.29, 0.717) is 25.9 Å². The predicted molar refractivity (Wildman–Crippen MR) is 223 cm³/mol. The van der Waals surface area contributed by atoms with E-state index in [0.717, 1.165) is 77.0 Å². The van der Waals surface area contributed by atoms with Gasteiger partial charge >= 0.3 is 5.97 Å². The Bertz CT molecular complexity index is 813. The number of carbonyl (C=O) groups is 2. The first kappa shape index (κ1) is 50.3. The van der Waals surface area contributed by atoms with Crippen LogP contribution < -0.4 is 5.32 Å². The molecule has 0 saturated heterocycles. The van der Waals surface area contributed by atoms with Crippen molar-refractivity contribution in [3.63, 3.8) is 0 Å². The molecule has 0 aliphatic carbocycles. The number of unbranched alkanes of at least 4 members (excludes halogenated alkanes) is 26. The van der Waals surface area contributed by atoms with E-state index in [1.165, 1.54) is 122 Å². The molecule has 306 valence electrons. The molecule has 0 aliphatic rings. The first-order valence-electron chi connectivity index (χ1n) is 22.6. The van der Waals surface area contributed by atoms with Gasteiger partial charge in [0, 0.05) is 12.8 Å². The van der Waals surface area contributed by atoms with Crippen molar-refractivity contribution >= 4 is 11.9 Å². The van der Waals surface area contributed by atoms with Crippen LogP contribution in [-0.4, -0.2) is 47.4 Å². The third kappa shape index (κ3) is 38.1. The summed E-state index contributed by atoms with van der Waals surface area (Å²) in [6.45, 7) is 4.82. The quantitative estimate of drug-likeness (QED) is 0.0330. The molecule has 1 amide bonds. The highest BCUT2D eigenvalue weighted by Crippen LogP contribution is 2.15. The number of carbonyl (C=O) groups excluding carboxylic acids is 2. The summed E-state index contributed by atoms with van der Waals surface area (Å²) in [4.78, 5) is 24.3. The number of esters is 1. The van der Waals surface area contributed by atoms with Crippen molar-refractivity contribution in [2.45, 2.75) is 244 Å². The molecule has 6 nitrogen and oxygen atoms in total. The smallest absolute Gasteiger partial charge is 0.305 e. The number of nitrogens with one attached hydrogen (secondary N) is 1. The Labute approximate surface area is 322 Å². The summed E-state index contributed by atoms with van der Waals surface area (Å²) in [6.07, 6.45) is 47.0. The number of hydrogen-bond acceptors (Lipinski definition) is 5. The minimum atomic E-state index is -0.684. The summed E-state index contributed by atoms with van der Waals surface area (Å²) >= 11 is 0. The fourth-order valence-electron chi connectivity index (χ4n) is 6.68. The van der Waals surface area contributed by atoms with Crippen molar-refractivity contribution in [1.29, 1.82) is 0 Å². The zero-order valence-corrected chi connectivity index (χ0v) is 34.5. The molecule has 0 fully saturated rings. The van der Waals surface area contributed by atoms with Gasteiger partial charge in [0.2, 0.25) is 5.91 Å². The van der Waals surface area contributed by atoms with E-state index >= 15 is 0 Å². The molecule has 2 atom stereocenters. The summed E-state index contributed by atoms with van der Waals surface area (Å²) in [5, 5.41) is 23.1. The van der Waals surface area contributed by atoms with Gasteiger partial charge in [-0.1, -0.05) is 167 Å². The van der Waals surface area contributed by atoms with Crippen molar-refractivity contribution in [3.8, 4) is 0 Å². The van der Waals surface area contributed by atoms with Crippen LogP contribution in [0, 0.1) is 0 Å². The molecule has 0 bridgehead atoms. The third-order valence-electron chi connectivity index (χ3n) is 10.2. The lowest BCUT2D eigenvalue weighted by Crippen LogP contribution is -2.45. The van der Waals surface area contributed by atoms with Crippen LogP contribution in [0.25, 0.3) is 0 Å². The highest BCUT2D eigenvalue weighted by Gasteiger charge is 2.20. The fourth-order valence-corrected chi connectivity index (χ4v) is 6.68. The molecule has 0 saturated carbocycles. The molecular formula is C46H87NO5. The van der Waals surface area contributed by atoms with Gasteiger partial charge in [0.15, 0.2) is 0 Å². The van der Waals surface area contributed by atoms with Gasteiger partial charge in [-0.2, -0.15) is 0 Å². The zero-order chi connectivity index (χ0) is 38.0. The number of hydrogen-bond donors (Lipinski definition) is 3. The van der Waals surface area contributed by atoms with E-state index in [4.69, 9.17) is 4.74 Å². The fraction of sp³-hybridized carbons (Fsp3) is 0.870. The Morgan fingerprint density at radius 1 is 0.519 bits per heavy atom. The number of amides is 1. The van der Waals surface area contributed by atoms with Gasteiger partial charge < -0.3 is 20.3 Å². The zero-order valence-electron chi connectivity index (χ0n) is 34.5. The van der Waals surface area contributed by atoms with Crippen molar-refractivity contribution in [3.05, 3.63) is 24.3 Å². The highest BCUT2D eigenvalue weighted by atomic mass is 16.5. The largest absolute Gasteiger partial charge is 0.466 e. The molecular weight excluding hydrogens is 647 g/mol. The monoisotopic (exact) mass is 734 g/mol. The summed E-state index contributed by atoms with van der Waals surface area (Å²) in [5.74, 6) is -0.120. The molecule has 0 aromatic heterocycles. The van der Waals surface area contributed by atoms with Gasteiger partial charge in [-0.15, -0.1) is 0 Å². The molecule has 0 rings (SSSR count). The SMILES string of the molecule is CCCCC/C=C\CCCCCCCC(=O)OCCCC/C=C\CCCCCCC(=O)NC(CO)C(O)CCCCCCCCCCCCCCC. The van der Waals surface area contributed by atoms with Gasteiger partial charge in [0.1, 0.15) is 0 Å². The number of allylic oxidation sites excluding steroid dienone is 4. The van der Waals surface area contributed by atoms with Crippen molar-refractivity contribution in [1.82, 2.24) is 5.32 Å². The second-order valence-electron chi connectivity index (χ2n) is 15.4. The Morgan fingerprint density at radius 3 is 1.40 bits per heavy atom. The lowest BCUT2D eigenvalue weighted by molar-refractivity contribution is -0.143. The number of rotatable bonds is 41. The van der Waals surface area contributed by atoms with E-state index in [2.05, 4.69) is 43.5 Å². The van der Waals surface area contributed by atoms with Crippen LogP contribution in [-0.2, 0) is 14.3 Å². The summed E-state index contributed by atoms with van der Waals surface area (Å²) < 4.78 is 5.40. The van der Waals surface area contributed by atoms with E-state index < -0.39 is 12.1 Å². The molecule has 52 heavy (non-hydrogen) atoms. The number of aliphatic hydroxyl groups is 2. The van der Waals surface area contributed by atoms with E-state index in [-0.39, 0.29) is 18.5 Å². The molecule has 0 spiro atoms. The van der Waals surface area contributed by atoms with Crippen LogP contribution in [0.1, 0.15) is 232 Å². The molecule has 0 heterocycles. The molecule has 6 heteroatoms. The Hall–Kier alpha value is -1.66. The average Bonchev–Trinajstić information content (AvgIpc) is 3.14. The van der Waals surface area contributed by atoms with E-state index in [1.807, 2.05) is 0 Å². The molecule has 0 aliphatic heterocycles. The van der Waals surface area contributed by atoms with E-state index in [1.54, 1.807) is 0 Å². The van der Waals surface area contributed by atoms with Crippen LogP contribution in [0.15, 0.2) is 24.3 Å². The second-order valence-corrected chi connectivity index (χ2v) is 15.4. The summed E-state index contributed by atoms with van der Waals surface area (Å²) in [6, 6.07) is -0.565. The van der Waals surface area contributed by atoms with Gasteiger partial charge in [-0.05, 0) is 77.0 Å².